The number of para-hydroxylation sites is 1. The molecule has 15 heteroatoms. The van der Waals surface area contributed by atoms with Gasteiger partial charge in [-0.1, -0.05) is 47.7 Å². The molecule has 268 valence electrons. The highest BCUT2D eigenvalue weighted by Crippen LogP contribution is 2.31. The molecule has 1 aliphatic heterocycles. The molecule has 0 spiro atoms. The van der Waals surface area contributed by atoms with Crippen LogP contribution in [0.25, 0.3) is 22.2 Å². The van der Waals surface area contributed by atoms with E-state index in [9.17, 15) is 24.3 Å². The lowest BCUT2D eigenvalue weighted by Gasteiger charge is -2.21. The standard InChI is InChI=1S/C37H40N10O5/c1-46(30-21-28(42-44-35(30)38)25-7-2-3-10-31(25)48)20-18-23-12-14-24(15-13-23)22-40-32(49)11-4-5-19-39-26-8-6-9-27-34(26)37(52)47(45-43-27)29-16-17-33(50)41-36(29)51/h2-3,6-10,12-15,21,29,39,48H,4-5,11,16-20,22H2,1H3,(H2,38,44)(H,40,49)(H,41,50,51). The van der Waals surface area contributed by atoms with Gasteiger partial charge in [-0.15, -0.1) is 15.3 Å². The molecule has 3 aromatic carbocycles. The largest absolute Gasteiger partial charge is 0.507 e. The highest BCUT2D eigenvalue weighted by Gasteiger charge is 2.30. The van der Waals surface area contributed by atoms with Crippen molar-refractivity contribution in [1.29, 1.82) is 0 Å². The fourth-order valence-electron chi connectivity index (χ4n) is 6.05. The molecule has 5 aromatic rings. The van der Waals surface area contributed by atoms with Crippen LogP contribution in [-0.4, -0.2) is 68.2 Å². The van der Waals surface area contributed by atoms with E-state index in [0.717, 1.165) is 27.9 Å². The molecule has 0 aliphatic carbocycles. The summed E-state index contributed by atoms with van der Waals surface area (Å²) >= 11 is 0. The van der Waals surface area contributed by atoms with Gasteiger partial charge in [0.05, 0.1) is 16.8 Å². The number of nitrogens with one attached hydrogen (secondary N) is 3. The third-order valence-electron chi connectivity index (χ3n) is 9.01. The van der Waals surface area contributed by atoms with Crippen LogP contribution in [0.3, 0.4) is 0 Å². The lowest BCUT2D eigenvalue weighted by molar-refractivity contribution is -0.136. The van der Waals surface area contributed by atoms with E-state index in [1.807, 2.05) is 48.3 Å². The van der Waals surface area contributed by atoms with Crippen molar-refractivity contribution in [2.45, 2.75) is 51.1 Å². The van der Waals surface area contributed by atoms with Gasteiger partial charge in [0.25, 0.3) is 11.5 Å². The smallest absolute Gasteiger partial charge is 0.280 e. The van der Waals surface area contributed by atoms with Gasteiger partial charge in [-0.3, -0.25) is 24.5 Å². The minimum atomic E-state index is -0.900. The summed E-state index contributed by atoms with van der Waals surface area (Å²) in [6, 6.07) is 21.2. The zero-order chi connectivity index (χ0) is 36.6. The van der Waals surface area contributed by atoms with Crippen LogP contribution in [0.4, 0.5) is 17.2 Å². The zero-order valence-electron chi connectivity index (χ0n) is 28.7. The number of rotatable bonds is 14. The second-order valence-electron chi connectivity index (χ2n) is 12.7. The van der Waals surface area contributed by atoms with Crippen molar-refractivity contribution >= 4 is 45.8 Å². The van der Waals surface area contributed by atoms with Crippen molar-refractivity contribution in [3.05, 3.63) is 94.3 Å². The lowest BCUT2D eigenvalue weighted by atomic mass is 10.1. The van der Waals surface area contributed by atoms with E-state index in [1.54, 1.807) is 36.4 Å². The molecule has 0 saturated carbocycles. The zero-order valence-corrected chi connectivity index (χ0v) is 28.7. The number of hydrogen-bond acceptors (Lipinski definition) is 12. The second-order valence-corrected chi connectivity index (χ2v) is 12.7. The Morgan fingerprint density at radius 3 is 2.58 bits per heavy atom. The number of imide groups is 1. The Balaban J connectivity index is 0.934. The number of likely N-dealkylation sites (N-methyl/N-ethyl adjacent to an activating group) is 1. The first-order valence-corrected chi connectivity index (χ1v) is 17.1. The van der Waals surface area contributed by atoms with Crippen LogP contribution >= 0.6 is 0 Å². The number of hydrogen-bond donors (Lipinski definition) is 5. The van der Waals surface area contributed by atoms with Gasteiger partial charge in [0.15, 0.2) is 5.82 Å². The fourth-order valence-corrected chi connectivity index (χ4v) is 6.05. The average Bonchev–Trinajstić information content (AvgIpc) is 3.14. The van der Waals surface area contributed by atoms with Crippen LogP contribution in [0.5, 0.6) is 5.75 Å². The summed E-state index contributed by atoms with van der Waals surface area (Å²) in [4.78, 5) is 51.8. The van der Waals surface area contributed by atoms with Gasteiger partial charge in [0, 0.05) is 50.8 Å². The summed E-state index contributed by atoms with van der Waals surface area (Å²) in [5.41, 5.74) is 10.6. The summed E-state index contributed by atoms with van der Waals surface area (Å²) in [5.74, 6) is -0.564. The minimum Gasteiger partial charge on any atom is -0.507 e. The van der Waals surface area contributed by atoms with Gasteiger partial charge < -0.3 is 26.4 Å². The summed E-state index contributed by atoms with van der Waals surface area (Å²) in [5, 5.41) is 35.4. The Kier molecular flexibility index (Phi) is 11.0. The average molecular weight is 705 g/mol. The van der Waals surface area contributed by atoms with Gasteiger partial charge in [-0.25, -0.2) is 0 Å². The van der Waals surface area contributed by atoms with E-state index < -0.39 is 17.5 Å². The van der Waals surface area contributed by atoms with Gasteiger partial charge >= 0.3 is 0 Å². The number of carbonyl (C=O) groups is 3. The Labute approximate surface area is 299 Å². The lowest BCUT2D eigenvalue weighted by Crippen LogP contribution is -2.45. The van der Waals surface area contributed by atoms with Gasteiger partial charge in [-0.05, 0) is 67.1 Å². The summed E-state index contributed by atoms with van der Waals surface area (Å²) in [6.07, 6.45) is 2.74. The first-order chi connectivity index (χ1) is 25.2. The van der Waals surface area contributed by atoms with E-state index in [1.165, 1.54) is 0 Å². The number of nitrogen functional groups attached to an aromatic ring is 1. The Hall–Kier alpha value is -6.38. The van der Waals surface area contributed by atoms with Crippen molar-refractivity contribution in [3.63, 3.8) is 0 Å². The van der Waals surface area contributed by atoms with E-state index in [0.29, 0.717) is 72.6 Å². The highest BCUT2D eigenvalue weighted by molar-refractivity contribution is 5.99. The van der Waals surface area contributed by atoms with Gasteiger partial charge in [0.2, 0.25) is 11.8 Å². The quantitative estimate of drug-likeness (QED) is 0.0834. The Morgan fingerprint density at radius 2 is 1.79 bits per heavy atom. The predicted octanol–water partition coefficient (Wildman–Crippen LogP) is 3.09. The molecule has 1 aliphatic rings. The van der Waals surface area contributed by atoms with Crippen LogP contribution < -0.4 is 32.1 Å². The number of fused-ring (bicyclic) bond motifs is 1. The molecule has 1 atom stereocenters. The van der Waals surface area contributed by atoms with E-state index in [-0.39, 0.29) is 30.4 Å². The van der Waals surface area contributed by atoms with Crippen molar-refractivity contribution in [1.82, 2.24) is 35.8 Å². The Bertz CT molecular complexity index is 2150. The Morgan fingerprint density at radius 1 is 1.00 bits per heavy atom. The molecule has 3 heterocycles. The number of aromatic nitrogens is 5. The van der Waals surface area contributed by atoms with Crippen LogP contribution in [0.1, 0.15) is 49.3 Å². The number of phenolic OH excluding ortho intramolecular Hbond substituents is 1. The number of piperidine rings is 1. The molecule has 52 heavy (non-hydrogen) atoms. The normalized spacial score (nSPS) is 14.2. The summed E-state index contributed by atoms with van der Waals surface area (Å²) in [6.45, 7) is 1.61. The van der Waals surface area contributed by atoms with Crippen LogP contribution in [0, 0.1) is 0 Å². The van der Waals surface area contributed by atoms with E-state index >= 15 is 0 Å². The third kappa shape index (κ3) is 8.31. The minimum absolute atomic E-state index is 0.0509. The maximum Gasteiger partial charge on any atom is 0.280 e. The number of phenols is 1. The monoisotopic (exact) mass is 704 g/mol. The summed E-state index contributed by atoms with van der Waals surface area (Å²) in [7, 11) is 1.93. The number of nitrogens with two attached hydrogens (primary N) is 1. The topological polar surface area (TPSA) is 210 Å². The van der Waals surface area contributed by atoms with E-state index in [4.69, 9.17) is 5.73 Å². The van der Waals surface area contributed by atoms with E-state index in [2.05, 4.69) is 36.5 Å². The molecular weight excluding hydrogens is 664 g/mol. The van der Waals surface area contributed by atoms with Gasteiger partial charge in [-0.2, -0.15) is 4.68 Å². The maximum absolute atomic E-state index is 13.3. The molecule has 3 amide bonds. The molecule has 6 rings (SSSR count). The third-order valence-corrected chi connectivity index (χ3v) is 9.01. The number of aromatic hydroxyl groups is 1. The molecule has 15 nitrogen and oxygen atoms in total. The van der Waals surface area contributed by atoms with Crippen LogP contribution in [0.2, 0.25) is 0 Å². The van der Waals surface area contributed by atoms with Crippen molar-refractivity contribution < 1.29 is 19.5 Å². The fraction of sp³-hybridized carbons (Fsp3) is 0.297. The number of benzene rings is 3. The summed E-state index contributed by atoms with van der Waals surface area (Å²) < 4.78 is 1.04. The number of amides is 3. The number of nitrogens with zero attached hydrogens (tertiary/aromatic N) is 6. The van der Waals surface area contributed by atoms with Crippen molar-refractivity contribution in [2.75, 3.05) is 36.1 Å². The molecule has 6 N–H and O–H groups in total. The molecule has 1 fully saturated rings. The number of carbonyl (C=O) groups excluding carboxylic acids is 3. The van der Waals surface area contributed by atoms with Crippen molar-refractivity contribution in [2.24, 2.45) is 0 Å². The molecule has 0 bridgehead atoms. The first-order valence-electron chi connectivity index (χ1n) is 17.1. The molecule has 2 aromatic heterocycles. The van der Waals surface area contributed by atoms with Crippen LogP contribution in [0.15, 0.2) is 77.6 Å². The molecule has 1 unspecified atom stereocenters. The predicted molar refractivity (Wildman–Crippen MR) is 196 cm³/mol. The molecule has 1 saturated heterocycles. The second kappa shape index (κ2) is 16.1. The highest BCUT2D eigenvalue weighted by atomic mass is 16.3. The maximum atomic E-state index is 13.3. The van der Waals surface area contributed by atoms with Crippen molar-refractivity contribution in [3.8, 4) is 17.0 Å². The molecular formula is C37H40N10O5. The SMILES string of the molecule is CN(CCc1ccc(CNC(=O)CCCCNc2cccc3nnn(C4CCC(=O)NC4=O)c(=O)c23)cc1)c1cc(-c2ccccc2O)nnc1N. The van der Waals surface area contributed by atoms with Gasteiger partial charge in [0.1, 0.15) is 17.3 Å². The number of unbranched alkanes of at least 4 members (excludes halogenated alkanes) is 1. The number of anilines is 3. The van der Waals surface area contributed by atoms with Crippen LogP contribution in [-0.2, 0) is 27.3 Å². The molecule has 0 radical (unpaired) electrons. The first kappa shape index (κ1) is 35.4.